The summed E-state index contributed by atoms with van der Waals surface area (Å²) in [6.07, 6.45) is 1.51. The van der Waals surface area contributed by atoms with Gasteiger partial charge in [-0.1, -0.05) is 0 Å². The van der Waals surface area contributed by atoms with Crippen LogP contribution in [0.25, 0.3) is 0 Å². The molecule has 1 unspecified atom stereocenters. The molecule has 1 atom stereocenters. The van der Waals surface area contributed by atoms with Crippen molar-refractivity contribution in [3.8, 4) is 11.5 Å². The summed E-state index contributed by atoms with van der Waals surface area (Å²) in [5.74, 6) is 0.854. The lowest BCUT2D eigenvalue weighted by molar-refractivity contribution is -0.127. The Morgan fingerprint density at radius 1 is 1.31 bits per heavy atom. The van der Waals surface area contributed by atoms with E-state index in [1.54, 1.807) is 37.1 Å². The van der Waals surface area contributed by atoms with Gasteiger partial charge in [-0.15, -0.1) is 0 Å². The second-order valence-corrected chi connectivity index (χ2v) is 6.35. The van der Waals surface area contributed by atoms with Gasteiger partial charge < -0.3 is 19.5 Å². The molecule has 0 aromatic heterocycles. The first kappa shape index (κ1) is 20.0. The van der Waals surface area contributed by atoms with Crippen LogP contribution in [0.3, 0.4) is 0 Å². The maximum absolute atomic E-state index is 12.8. The number of carbonyl (C=O) groups excluding carboxylic acids is 2. The maximum atomic E-state index is 12.8. The summed E-state index contributed by atoms with van der Waals surface area (Å²) in [5.41, 5.74) is -0.382. The minimum atomic E-state index is -0.954. The van der Waals surface area contributed by atoms with Gasteiger partial charge in [0, 0.05) is 32.2 Å². The Morgan fingerprint density at radius 2 is 2.08 bits per heavy atom. The minimum Gasteiger partial charge on any atom is -0.497 e. The van der Waals surface area contributed by atoms with Crippen LogP contribution in [0.2, 0.25) is 0 Å². The van der Waals surface area contributed by atoms with E-state index in [2.05, 4.69) is 5.32 Å². The Bertz CT molecular complexity index is 649. The van der Waals surface area contributed by atoms with Crippen molar-refractivity contribution in [2.24, 2.45) is 0 Å². The standard InChI is InChI=1S/C19H28N2O5/c1-5-26-12-6-11-20-18(23)19(2)10-9-17(22)21(19)15-8-7-14(24-3)13-16(15)25-4/h7-8,13H,5-6,9-12H2,1-4H3,(H,20,23). The van der Waals surface area contributed by atoms with E-state index in [0.717, 1.165) is 6.42 Å². The molecular formula is C19H28N2O5. The molecule has 7 nitrogen and oxygen atoms in total. The van der Waals surface area contributed by atoms with Crippen LogP contribution in [-0.4, -0.2) is 51.3 Å². The zero-order chi connectivity index (χ0) is 19.2. The minimum absolute atomic E-state index is 0.0968. The van der Waals surface area contributed by atoms with Crippen molar-refractivity contribution in [2.75, 3.05) is 38.9 Å². The highest BCUT2D eigenvalue weighted by atomic mass is 16.5. The van der Waals surface area contributed by atoms with E-state index in [1.807, 2.05) is 6.92 Å². The number of hydrogen-bond acceptors (Lipinski definition) is 5. The Kier molecular flexibility index (Phi) is 6.85. The van der Waals surface area contributed by atoms with Gasteiger partial charge in [0.25, 0.3) is 0 Å². The lowest BCUT2D eigenvalue weighted by Gasteiger charge is -2.34. The predicted molar refractivity (Wildman–Crippen MR) is 98.8 cm³/mol. The molecule has 0 saturated carbocycles. The van der Waals surface area contributed by atoms with Crippen molar-refractivity contribution >= 4 is 17.5 Å². The molecule has 1 saturated heterocycles. The van der Waals surface area contributed by atoms with Gasteiger partial charge in [0.05, 0.1) is 19.9 Å². The summed E-state index contributed by atoms with van der Waals surface area (Å²) in [4.78, 5) is 27.0. The number of carbonyl (C=O) groups is 2. The summed E-state index contributed by atoms with van der Waals surface area (Å²) in [6, 6.07) is 5.21. The van der Waals surface area contributed by atoms with Crippen LogP contribution in [0.5, 0.6) is 11.5 Å². The largest absolute Gasteiger partial charge is 0.497 e. The van der Waals surface area contributed by atoms with Gasteiger partial charge in [-0.25, -0.2) is 0 Å². The number of methoxy groups -OCH3 is 2. The number of benzene rings is 1. The highest BCUT2D eigenvalue weighted by molar-refractivity contribution is 6.07. The lowest BCUT2D eigenvalue weighted by Crippen LogP contribution is -2.55. The first-order valence-corrected chi connectivity index (χ1v) is 8.89. The average Bonchev–Trinajstić information content (AvgIpc) is 2.96. The quantitative estimate of drug-likeness (QED) is 0.679. The van der Waals surface area contributed by atoms with Crippen LogP contribution < -0.4 is 19.7 Å². The second kappa shape index (κ2) is 8.89. The van der Waals surface area contributed by atoms with E-state index in [0.29, 0.717) is 49.8 Å². The van der Waals surface area contributed by atoms with Gasteiger partial charge in [-0.3, -0.25) is 14.5 Å². The highest BCUT2D eigenvalue weighted by Gasteiger charge is 2.48. The Labute approximate surface area is 154 Å². The van der Waals surface area contributed by atoms with Gasteiger partial charge in [0.15, 0.2) is 0 Å². The molecule has 1 aromatic rings. The van der Waals surface area contributed by atoms with Gasteiger partial charge in [-0.05, 0) is 38.8 Å². The van der Waals surface area contributed by atoms with E-state index >= 15 is 0 Å². The average molecular weight is 364 g/mol. The monoisotopic (exact) mass is 364 g/mol. The van der Waals surface area contributed by atoms with Crippen LogP contribution in [0.15, 0.2) is 18.2 Å². The van der Waals surface area contributed by atoms with Gasteiger partial charge in [-0.2, -0.15) is 0 Å². The van der Waals surface area contributed by atoms with E-state index < -0.39 is 5.54 Å². The summed E-state index contributed by atoms with van der Waals surface area (Å²) < 4.78 is 15.9. The van der Waals surface area contributed by atoms with Crippen molar-refractivity contribution in [2.45, 2.75) is 38.6 Å². The predicted octanol–water partition coefficient (Wildman–Crippen LogP) is 2.13. The fourth-order valence-corrected chi connectivity index (χ4v) is 3.14. The molecule has 7 heteroatoms. The van der Waals surface area contributed by atoms with Gasteiger partial charge in [0.1, 0.15) is 17.0 Å². The van der Waals surface area contributed by atoms with E-state index in [9.17, 15) is 9.59 Å². The SMILES string of the molecule is CCOCCCNC(=O)C1(C)CCC(=O)N1c1ccc(OC)cc1OC. The molecule has 2 amide bonds. The molecule has 1 aliphatic rings. The zero-order valence-electron chi connectivity index (χ0n) is 16.0. The fourth-order valence-electron chi connectivity index (χ4n) is 3.14. The lowest BCUT2D eigenvalue weighted by atomic mass is 9.96. The Hall–Kier alpha value is -2.28. The number of hydrogen-bond donors (Lipinski definition) is 1. The molecule has 1 aliphatic heterocycles. The molecular weight excluding hydrogens is 336 g/mol. The number of ether oxygens (including phenoxy) is 3. The smallest absolute Gasteiger partial charge is 0.246 e. The summed E-state index contributed by atoms with van der Waals surface area (Å²) in [6.45, 7) is 5.49. The van der Waals surface area contributed by atoms with Crippen LogP contribution in [0.4, 0.5) is 5.69 Å². The number of nitrogens with zero attached hydrogens (tertiary/aromatic N) is 1. The number of amides is 2. The van der Waals surface area contributed by atoms with E-state index in [1.165, 1.54) is 7.11 Å². The molecule has 1 heterocycles. The van der Waals surface area contributed by atoms with Gasteiger partial charge >= 0.3 is 0 Å². The molecule has 26 heavy (non-hydrogen) atoms. The fraction of sp³-hybridized carbons (Fsp3) is 0.579. The number of anilines is 1. The van der Waals surface area contributed by atoms with Crippen molar-refractivity contribution in [3.63, 3.8) is 0 Å². The van der Waals surface area contributed by atoms with Crippen molar-refractivity contribution in [1.29, 1.82) is 0 Å². The maximum Gasteiger partial charge on any atom is 0.246 e. The van der Waals surface area contributed by atoms with Crippen LogP contribution in [-0.2, 0) is 14.3 Å². The summed E-state index contributed by atoms with van der Waals surface area (Å²) >= 11 is 0. The first-order chi connectivity index (χ1) is 12.5. The van der Waals surface area contributed by atoms with Gasteiger partial charge in [0.2, 0.25) is 11.8 Å². The summed E-state index contributed by atoms with van der Waals surface area (Å²) in [7, 11) is 3.10. The molecule has 1 aromatic carbocycles. The van der Waals surface area contributed by atoms with E-state index in [4.69, 9.17) is 14.2 Å². The van der Waals surface area contributed by atoms with Crippen LogP contribution in [0, 0.1) is 0 Å². The molecule has 0 spiro atoms. The molecule has 2 rings (SSSR count). The van der Waals surface area contributed by atoms with Crippen LogP contribution >= 0.6 is 0 Å². The summed E-state index contributed by atoms with van der Waals surface area (Å²) in [5, 5.41) is 2.93. The highest BCUT2D eigenvalue weighted by Crippen LogP contribution is 2.41. The Balaban J connectivity index is 2.20. The zero-order valence-corrected chi connectivity index (χ0v) is 16.0. The van der Waals surface area contributed by atoms with Crippen molar-refractivity contribution in [1.82, 2.24) is 5.32 Å². The number of rotatable bonds is 9. The van der Waals surface area contributed by atoms with Crippen molar-refractivity contribution in [3.05, 3.63) is 18.2 Å². The first-order valence-electron chi connectivity index (χ1n) is 8.89. The van der Waals surface area contributed by atoms with Crippen LogP contribution in [0.1, 0.15) is 33.1 Å². The molecule has 1 fully saturated rings. The number of nitrogens with one attached hydrogen (secondary N) is 1. The molecule has 0 bridgehead atoms. The normalized spacial score (nSPS) is 19.5. The third-order valence-electron chi connectivity index (χ3n) is 4.64. The Morgan fingerprint density at radius 3 is 2.73 bits per heavy atom. The third kappa shape index (κ3) is 4.09. The third-order valence-corrected chi connectivity index (χ3v) is 4.64. The topological polar surface area (TPSA) is 77.1 Å². The van der Waals surface area contributed by atoms with E-state index in [-0.39, 0.29) is 11.8 Å². The molecule has 144 valence electrons. The van der Waals surface area contributed by atoms with Crippen molar-refractivity contribution < 1.29 is 23.8 Å². The second-order valence-electron chi connectivity index (χ2n) is 6.35. The molecule has 1 N–H and O–H groups in total. The molecule has 0 radical (unpaired) electrons. The molecule has 0 aliphatic carbocycles.